The largest absolute Gasteiger partial charge is 0.506 e. The molecule has 8 aliphatic rings. The number of phenolic OH excluding ortho intramolecular Hbond substituents is 1. The zero-order chi connectivity index (χ0) is 40.5. The lowest BCUT2D eigenvalue weighted by atomic mass is 9.39. The number of aryl methyl sites for hydroxylation is 1. The monoisotopic (exact) mass is 802 g/mol. The maximum Gasteiger partial charge on any atom is 0.335 e. The van der Waals surface area contributed by atoms with Crippen molar-refractivity contribution in [2.45, 2.75) is 113 Å². The summed E-state index contributed by atoms with van der Waals surface area (Å²) < 4.78 is 26.1. The Morgan fingerprint density at radius 2 is 1.95 bits per heavy atom. The van der Waals surface area contributed by atoms with Crippen molar-refractivity contribution in [3.63, 3.8) is 0 Å². The Morgan fingerprint density at radius 3 is 2.71 bits per heavy atom. The number of carboxylic acid groups (broad SMARTS) is 1. The number of allylic oxidation sites excluding steroid dienone is 1. The zero-order valence-corrected chi connectivity index (χ0v) is 33.0. The molecular weight excluding hydrogens is 748 g/mol. The molecule has 14 heteroatoms. The van der Waals surface area contributed by atoms with Gasteiger partial charge in [-0.15, -0.1) is 0 Å². The number of benzene rings is 2. The second-order valence-corrected chi connectivity index (χ2v) is 18.7. The lowest BCUT2D eigenvalue weighted by Gasteiger charge is -2.72. The van der Waals surface area contributed by atoms with Crippen LogP contribution in [-0.2, 0) is 14.2 Å². The molecule has 4 aliphatic carbocycles. The van der Waals surface area contributed by atoms with E-state index in [1.807, 2.05) is 0 Å². The maximum absolute atomic E-state index is 12.6. The number of carbonyl (C=O) groups excluding carboxylic acids is 1. The van der Waals surface area contributed by atoms with E-state index >= 15 is 0 Å². The van der Waals surface area contributed by atoms with E-state index in [-0.39, 0.29) is 75.9 Å². The Bertz CT molecular complexity index is 2150. The first kappa shape index (κ1) is 38.7. The molecule has 2 aromatic carbocycles. The third kappa shape index (κ3) is 5.16. The number of ether oxygens (including phenoxy) is 4. The SMILES string of the molecule is CC(=O)c1c(C)cc2cc(C(=O)O)cc(OC3OC(CO)C4(CC5C6=C(CC=C6C6(CCCO)COCC7CC89CCCC8NNC5(C9)C76)CO4)C(O)C3O)c2c1O. The molecule has 4 heterocycles. The number of hydrogen-bond donors (Lipinski definition) is 8. The Kier molecular flexibility index (Phi) is 9.04. The van der Waals surface area contributed by atoms with Crippen LogP contribution >= 0.6 is 0 Å². The van der Waals surface area contributed by atoms with Gasteiger partial charge in [-0.05, 0) is 122 Å². The number of fused-ring (bicyclic) bond motifs is 2. The Balaban J connectivity index is 1.06. The van der Waals surface area contributed by atoms with Crippen LogP contribution in [0.3, 0.4) is 0 Å². The van der Waals surface area contributed by atoms with Crippen molar-refractivity contribution < 1.29 is 59.2 Å². The van der Waals surface area contributed by atoms with E-state index in [4.69, 9.17) is 18.9 Å². The molecule has 6 fully saturated rings. The summed E-state index contributed by atoms with van der Waals surface area (Å²) in [5.41, 5.74) is 9.24. The fourth-order valence-corrected chi connectivity index (χ4v) is 13.9. The van der Waals surface area contributed by atoms with Gasteiger partial charge in [-0.25, -0.2) is 4.79 Å². The number of rotatable bonds is 8. The van der Waals surface area contributed by atoms with E-state index in [1.54, 1.807) is 13.0 Å². The average molecular weight is 803 g/mol. The zero-order valence-electron chi connectivity index (χ0n) is 33.0. The van der Waals surface area contributed by atoms with E-state index < -0.39 is 59.9 Å². The van der Waals surface area contributed by atoms with Gasteiger partial charge in [0.05, 0.1) is 36.3 Å². The highest BCUT2D eigenvalue weighted by Crippen LogP contribution is 2.72. The van der Waals surface area contributed by atoms with Crippen molar-refractivity contribution in [3.05, 3.63) is 57.7 Å². The van der Waals surface area contributed by atoms with E-state index in [9.17, 15) is 40.2 Å². The van der Waals surface area contributed by atoms with Gasteiger partial charge in [0.2, 0.25) is 6.29 Å². The molecule has 3 saturated heterocycles. The van der Waals surface area contributed by atoms with Gasteiger partial charge in [-0.1, -0.05) is 18.6 Å². The summed E-state index contributed by atoms with van der Waals surface area (Å²) >= 11 is 0. The number of aromatic hydroxyl groups is 1. The first-order valence-corrected chi connectivity index (χ1v) is 20.9. The molecule has 10 rings (SSSR count). The van der Waals surface area contributed by atoms with Gasteiger partial charge in [-0.2, -0.15) is 0 Å². The first-order valence-electron chi connectivity index (χ1n) is 20.9. The van der Waals surface area contributed by atoms with Crippen molar-refractivity contribution in [2.75, 3.05) is 33.0 Å². The minimum absolute atomic E-state index is 0.0387. The Morgan fingerprint density at radius 1 is 1.12 bits per heavy atom. The molecular formula is C44H54N2O12. The third-order valence-electron chi connectivity index (χ3n) is 15.9. The molecule has 4 aliphatic heterocycles. The number of carbonyl (C=O) groups is 2. The van der Waals surface area contributed by atoms with Crippen LogP contribution < -0.4 is 15.6 Å². The third-order valence-corrected chi connectivity index (χ3v) is 15.9. The predicted molar refractivity (Wildman–Crippen MR) is 207 cm³/mol. The number of hydrogen-bond acceptors (Lipinski definition) is 13. The second-order valence-electron chi connectivity index (χ2n) is 18.7. The summed E-state index contributed by atoms with van der Waals surface area (Å²) in [4.78, 5) is 24.8. The van der Waals surface area contributed by atoms with Gasteiger partial charge in [0, 0.05) is 36.1 Å². The van der Waals surface area contributed by atoms with Gasteiger partial charge < -0.3 is 49.6 Å². The number of Topliss-reactive ketones (excluding diaryl/α,β-unsaturated/α-hetero) is 1. The number of aliphatic hydroxyl groups excluding tert-OH is 4. The second kappa shape index (κ2) is 13.5. The molecule has 3 saturated carbocycles. The van der Waals surface area contributed by atoms with E-state index in [2.05, 4.69) is 16.9 Å². The normalized spacial score (nSPS) is 41.1. The number of aromatic carboxylic acids is 1. The van der Waals surface area contributed by atoms with Crippen LogP contribution in [0.2, 0.25) is 0 Å². The molecule has 0 radical (unpaired) electrons. The number of aliphatic hydroxyl groups is 4. The van der Waals surface area contributed by atoms with Crippen molar-refractivity contribution >= 4 is 22.5 Å². The Labute approximate surface area is 336 Å². The molecule has 3 spiro atoms. The summed E-state index contributed by atoms with van der Waals surface area (Å²) in [5, 5.41) is 67.6. The van der Waals surface area contributed by atoms with Crippen molar-refractivity contribution in [1.82, 2.24) is 10.9 Å². The number of carboxylic acids is 1. The van der Waals surface area contributed by atoms with Crippen LogP contribution in [0, 0.1) is 35.5 Å². The van der Waals surface area contributed by atoms with Crippen LogP contribution in [0.25, 0.3) is 10.8 Å². The molecule has 12 unspecified atom stereocenters. The lowest BCUT2D eigenvalue weighted by Crippen LogP contribution is -2.81. The average Bonchev–Trinajstić information content (AvgIpc) is 3.76. The van der Waals surface area contributed by atoms with Gasteiger partial charge in [0.1, 0.15) is 35.4 Å². The van der Waals surface area contributed by atoms with Crippen LogP contribution in [-0.4, -0.2) is 117 Å². The van der Waals surface area contributed by atoms with E-state index in [0.29, 0.717) is 37.7 Å². The standard InChI is InChI=1S/C44H54N2O12/c1-21-11-24-12-25(39(53)54)13-29(34(24)35(50)32(21)22(2)49)57-40-36(51)38(52)44(31(16-48)58-40)15-28-33-23(18-56-44)6-7-27(33)42(9-4-10-47)20-55-17-26-14-41-8-3-5-30(41)45-46-43(28,19-41)37(26)42/h7,11-13,26,28,30-31,36-38,40,45-48,50-52H,3-6,8-10,14-20H2,1-2H3,(H,53,54). The number of ketones is 1. The Hall–Kier alpha value is -3.44. The summed E-state index contributed by atoms with van der Waals surface area (Å²) in [6.45, 7) is 3.78. The van der Waals surface area contributed by atoms with Gasteiger partial charge in [-0.3, -0.25) is 15.6 Å². The molecule has 312 valence electrons. The highest BCUT2D eigenvalue weighted by atomic mass is 16.7. The summed E-state index contributed by atoms with van der Waals surface area (Å²) in [5.74, 6) is -2.08. The first-order chi connectivity index (χ1) is 27.8. The molecule has 58 heavy (non-hydrogen) atoms. The summed E-state index contributed by atoms with van der Waals surface area (Å²) in [7, 11) is 0. The van der Waals surface area contributed by atoms with Crippen molar-refractivity contribution in [1.29, 1.82) is 0 Å². The number of hydrazine groups is 1. The van der Waals surface area contributed by atoms with Gasteiger partial charge in [0.15, 0.2) is 5.78 Å². The van der Waals surface area contributed by atoms with Crippen LogP contribution in [0.5, 0.6) is 11.5 Å². The summed E-state index contributed by atoms with van der Waals surface area (Å²) in [6, 6.07) is 4.44. The highest BCUT2D eigenvalue weighted by molar-refractivity contribution is 6.08. The molecule has 12 atom stereocenters. The van der Waals surface area contributed by atoms with E-state index in [0.717, 1.165) is 44.1 Å². The minimum Gasteiger partial charge on any atom is -0.506 e. The molecule has 8 N–H and O–H groups in total. The fourth-order valence-electron chi connectivity index (χ4n) is 13.9. The molecule has 0 aromatic heterocycles. The van der Waals surface area contributed by atoms with Crippen molar-refractivity contribution in [2.24, 2.45) is 28.6 Å². The number of nitrogens with one attached hydrogen (secondary N) is 2. The quantitative estimate of drug-likeness (QED) is 0.180. The van der Waals surface area contributed by atoms with Gasteiger partial charge in [0.25, 0.3) is 0 Å². The van der Waals surface area contributed by atoms with E-state index in [1.165, 1.54) is 30.2 Å². The minimum atomic E-state index is -1.75. The number of phenols is 1. The van der Waals surface area contributed by atoms with Gasteiger partial charge >= 0.3 is 5.97 Å². The topological polar surface area (TPSA) is 216 Å². The smallest absolute Gasteiger partial charge is 0.335 e. The predicted octanol–water partition coefficient (Wildman–Crippen LogP) is 3.19. The molecule has 14 nitrogen and oxygen atoms in total. The van der Waals surface area contributed by atoms with Crippen LogP contribution in [0.15, 0.2) is 41.0 Å². The fraction of sp³-hybridized carbons (Fsp3) is 0.636. The maximum atomic E-state index is 12.6. The highest BCUT2D eigenvalue weighted by Gasteiger charge is 2.74. The van der Waals surface area contributed by atoms with Crippen molar-refractivity contribution in [3.8, 4) is 11.5 Å². The molecule has 2 bridgehead atoms. The molecule has 0 amide bonds. The molecule has 2 aromatic rings. The summed E-state index contributed by atoms with van der Waals surface area (Å²) in [6.07, 6.45) is 3.69. The van der Waals surface area contributed by atoms with Crippen LogP contribution in [0.1, 0.15) is 91.0 Å². The van der Waals surface area contributed by atoms with Crippen LogP contribution in [0.4, 0.5) is 0 Å². The lowest BCUT2D eigenvalue weighted by molar-refractivity contribution is -0.327.